The largest absolute Gasteiger partial charge is 0.352 e. The second kappa shape index (κ2) is 9.15. The molecule has 2 amide bonds. The monoisotopic (exact) mass is 375 g/mol. The summed E-state index contributed by atoms with van der Waals surface area (Å²) in [5, 5.41) is 11.2. The van der Waals surface area contributed by atoms with E-state index in [0.29, 0.717) is 17.8 Å². The van der Waals surface area contributed by atoms with Gasteiger partial charge in [0.1, 0.15) is 0 Å². The van der Waals surface area contributed by atoms with Crippen LogP contribution in [0.5, 0.6) is 0 Å². The maximum atomic E-state index is 12.3. The van der Waals surface area contributed by atoms with Crippen molar-refractivity contribution in [1.29, 1.82) is 0 Å². The third kappa shape index (κ3) is 4.75. The molecule has 3 N–H and O–H groups in total. The standard InChI is InChI=1S/C23H25N3O2/c1-3-24-23(28)18-10-6-11-19(14-18)26-22(27)15-25-16(2)20-13-7-9-17-8-4-5-12-21(17)20/h4-14,16,25H,3,15H2,1-2H3,(H,24,28)(H,26,27)/t16-/m1/s1. The van der Waals surface area contributed by atoms with Crippen molar-refractivity contribution >= 4 is 28.3 Å². The van der Waals surface area contributed by atoms with Crippen LogP contribution in [0.1, 0.15) is 35.8 Å². The maximum absolute atomic E-state index is 12.3. The molecule has 3 aromatic carbocycles. The lowest BCUT2D eigenvalue weighted by atomic mass is 10.00. The highest BCUT2D eigenvalue weighted by molar-refractivity contribution is 5.97. The van der Waals surface area contributed by atoms with Crippen molar-refractivity contribution in [3.63, 3.8) is 0 Å². The number of rotatable bonds is 7. The first-order valence-electron chi connectivity index (χ1n) is 9.47. The Kier molecular flexibility index (Phi) is 6.40. The number of benzene rings is 3. The summed E-state index contributed by atoms with van der Waals surface area (Å²) in [6, 6.07) is 21.4. The Morgan fingerprint density at radius 3 is 2.54 bits per heavy atom. The van der Waals surface area contributed by atoms with Crippen molar-refractivity contribution in [3.8, 4) is 0 Å². The minimum Gasteiger partial charge on any atom is -0.352 e. The van der Waals surface area contributed by atoms with E-state index in [1.807, 2.05) is 32.0 Å². The molecule has 0 aliphatic rings. The van der Waals surface area contributed by atoms with Crippen molar-refractivity contribution in [2.45, 2.75) is 19.9 Å². The van der Waals surface area contributed by atoms with Gasteiger partial charge < -0.3 is 16.0 Å². The fourth-order valence-corrected chi connectivity index (χ4v) is 3.19. The van der Waals surface area contributed by atoms with E-state index in [4.69, 9.17) is 0 Å². The molecule has 28 heavy (non-hydrogen) atoms. The molecular formula is C23H25N3O2. The molecule has 5 nitrogen and oxygen atoms in total. The van der Waals surface area contributed by atoms with Crippen molar-refractivity contribution in [1.82, 2.24) is 10.6 Å². The van der Waals surface area contributed by atoms with Crippen LogP contribution in [-0.2, 0) is 4.79 Å². The van der Waals surface area contributed by atoms with Crippen LogP contribution in [0.15, 0.2) is 66.7 Å². The SMILES string of the molecule is CCNC(=O)c1cccc(NC(=O)CN[C@H](C)c2cccc3ccccc23)c1. The molecule has 3 aromatic rings. The van der Waals surface area contributed by atoms with Gasteiger partial charge in [0.2, 0.25) is 5.91 Å². The predicted octanol–water partition coefficient (Wildman–Crippen LogP) is 3.88. The molecule has 0 heterocycles. The summed E-state index contributed by atoms with van der Waals surface area (Å²) in [6.07, 6.45) is 0. The number of carbonyl (C=O) groups is 2. The Balaban J connectivity index is 1.61. The Morgan fingerprint density at radius 1 is 0.964 bits per heavy atom. The van der Waals surface area contributed by atoms with Crippen molar-refractivity contribution in [2.75, 3.05) is 18.4 Å². The lowest BCUT2D eigenvalue weighted by Crippen LogP contribution is -2.30. The predicted molar refractivity (Wildman–Crippen MR) is 113 cm³/mol. The van der Waals surface area contributed by atoms with Crippen LogP contribution < -0.4 is 16.0 Å². The van der Waals surface area contributed by atoms with Crippen molar-refractivity contribution in [2.24, 2.45) is 0 Å². The van der Waals surface area contributed by atoms with Crippen LogP contribution >= 0.6 is 0 Å². The number of amides is 2. The molecule has 0 spiro atoms. The third-order valence-corrected chi connectivity index (χ3v) is 4.60. The molecule has 0 saturated heterocycles. The molecule has 3 rings (SSSR count). The van der Waals surface area contributed by atoms with Crippen LogP contribution in [0.3, 0.4) is 0 Å². The van der Waals surface area contributed by atoms with E-state index in [1.165, 1.54) is 10.8 Å². The average Bonchev–Trinajstić information content (AvgIpc) is 2.72. The van der Waals surface area contributed by atoms with Crippen LogP contribution in [-0.4, -0.2) is 24.9 Å². The normalized spacial score (nSPS) is 11.8. The van der Waals surface area contributed by atoms with Gasteiger partial charge in [-0.25, -0.2) is 0 Å². The number of carbonyl (C=O) groups excluding carboxylic acids is 2. The molecule has 0 saturated carbocycles. The van der Waals surface area contributed by atoms with Crippen LogP contribution in [0.25, 0.3) is 10.8 Å². The van der Waals surface area contributed by atoms with Gasteiger partial charge in [-0.15, -0.1) is 0 Å². The van der Waals surface area contributed by atoms with Gasteiger partial charge in [-0.3, -0.25) is 9.59 Å². The first kappa shape index (κ1) is 19.6. The molecule has 0 aromatic heterocycles. The van der Waals surface area contributed by atoms with E-state index in [1.54, 1.807) is 24.3 Å². The minimum atomic E-state index is -0.153. The van der Waals surface area contributed by atoms with Gasteiger partial charge in [-0.05, 0) is 48.4 Å². The smallest absolute Gasteiger partial charge is 0.251 e. The van der Waals surface area contributed by atoms with E-state index in [0.717, 1.165) is 5.56 Å². The molecule has 0 fully saturated rings. The number of nitrogens with one attached hydrogen (secondary N) is 3. The second-order valence-electron chi connectivity index (χ2n) is 6.66. The highest BCUT2D eigenvalue weighted by Crippen LogP contribution is 2.23. The van der Waals surface area contributed by atoms with Gasteiger partial charge in [0.15, 0.2) is 0 Å². The van der Waals surface area contributed by atoms with Crippen LogP contribution in [0, 0.1) is 0 Å². The van der Waals surface area contributed by atoms with Gasteiger partial charge in [0.05, 0.1) is 6.54 Å². The Hall–Kier alpha value is -3.18. The molecular weight excluding hydrogens is 350 g/mol. The van der Waals surface area contributed by atoms with Crippen LogP contribution in [0.2, 0.25) is 0 Å². The Labute approximate surface area is 165 Å². The zero-order valence-corrected chi connectivity index (χ0v) is 16.2. The lowest BCUT2D eigenvalue weighted by molar-refractivity contribution is -0.115. The summed E-state index contributed by atoms with van der Waals surface area (Å²) in [6.45, 7) is 4.65. The van der Waals surface area contributed by atoms with Gasteiger partial charge in [0, 0.05) is 23.8 Å². The van der Waals surface area contributed by atoms with E-state index in [9.17, 15) is 9.59 Å². The van der Waals surface area contributed by atoms with Crippen molar-refractivity contribution in [3.05, 3.63) is 77.9 Å². The number of hydrogen-bond donors (Lipinski definition) is 3. The molecule has 0 aliphatic carbocycles. The molecule has 5 heteroatoms. The van der Waals surface area contributed by atoms with E-state index < -0.39 is 0 Å². The highest BCUT2D eigenvalue weighted by Gasteiger charge is 2.11. The zero-order valence-electron chi connectivity index (χ0n) is 16.2. The van der Waals surface area contributed by atoms with Gasteiger partial charge in [-0.1, -0.05) is 48.5 Å². The topological polar surface area (TPSA) is 70.2 Å². The zero-order chi connectivity index (χ0) is 19.9. The first-order valence-corrected chi connectivity index (χ1v) is 9.47. The van der Waals surface area contributed by atoms with Crippen LogP contribution in [0.4, 0.5) is 5.69 Å². The van der Waals surface area contributed by atoms with E-state index in [-0.39, 0.29) is 24.4 Å². The summed E-state index contributed by atoms with van der Waals surface area (Å²) < 4.78 is 0. The first-order chi connectivity index (χ1) is 13.6. The van der Waals surface area contributed by atoms with Gasteiger partial charge in [0.25, 0.3) is 5.91 Å². The minimum absolute atomic E-state index is 0.0264. The lowest BCUT2D eigenvalue weighted by Gasteiger charge is -2.16. The molecule has 0 unspecified atom stereocenters. The maximum Gasteiger partial charge on any atom is 0.251 e. The molecule has 0 radical (unpaired) electrons. The number of hydrogen-bond acceptors (Lipinski definition) is 3. The summed E-state index contributed by atoms with van der Waals surface area (Å²) >= 11 is 0. The fourth-order valence-electron chi connectivity index (χ4n) is 3.19. The van der Waals surface area contributed by atoms with Gasteiger partial charge in [-0.2, -0.15) is 0 Å². The quantitative estimate of drug-likeness (QED) is 0.587. The van der Waals surface area contributed by atoms with E-state index in [2.05, 4.69) is 40.2 Å². The van der Waals surface area contributed by atoms with Gasteiger partial charge >= 0.3 is 0 Å². The summed E-state index contributed by atoms with van der Waals surface area (Å²) in [5.41, 5.74) is 2.29. The Bertz CT molecular complexity index is 979. The fraction of sp³-hybridized carbons (Fsp3) is 0.217. The Morgan fingerprint density at radius 2 is 1.71 bits per heavy atom. The number of fused-ring (bicyclic) bond motifs is 1. The molecule has 0 bridgehead atoms. The van der Waals surface area contributed by atoms with E-state index >= 15 is 0 Å². The highest BCUT2D eigenvalue weighted by atomic mass is 16.2. The third-order valence-electron chi connectivity index (χ3n) is 4.60. The molecule has 0 aliphatic heterocycles. The molecule has 144 valence electrons. The average molecular weight is 375 g/mol. The summed E-state index contributed by atoms with van der Waals surface area (Å²) in [5.74, 6) is -0.304. The van der Waals surface area contributed by atoms with Crippen molar-refractivity contribution < 1.29 is 9.59 Å². The number of anilines is 1. The second-order valence-corrected chi connectivity index (χ2v) is 6.66. The molecule has 1 atom stereocenters. The summed E-state index contributed by atoms with van der Waals surface area (Å²) in [7, 11) is 0. The summed E-state index contributed by atoms with van der Waals surface area (Å²) in [4.78, 5) is 24.3.